The summed E-state index contributed by atoms with van der Waals surface area (Å²) in [6.07, 6.45) is 0.878. The third-order valence-electron chi connectivity index (χ3n) is 3.85. The molecule has 1 aromatic carbocycles. The lowest BCUT2D eigenvalue weighted by molar-refractivity contribution is -0.143. The first-order chi connectivity index (χ1) is 9.61. The summed E-state index contributed by atoms with van der Waals surface area (Å²) in [5.41, 5.74) is 1.21. The zero-order chi connectivity index (χ0) is 14.5. The molecule has 2 unspecified atom stereocenters. The molecule has 2 atom stereocenters. The Morgan fingerprint density at radius 3 is 2.70 bits per heavy atom. The Labute approximate surface area is 119 Å². The minimum atomic E-state index is -0.774. The molecule has 2 rings (SSSR count). The summed E-state index contributed by atoms with van der Waals surface area (Å²) in [6.45, 7) is 1.62. The van der Waals surface area contributed by atoms with E-state index >= 15 is 0 Å². The van der Waals surface area contributed by atoms with Crippen LogP contribution in [-0.4, -0.2) is 55.9 Å². The number of hydrogen-bond donors (Lipinski definition) is 1. The highest BCUT2D eigenvalue weighted by atomic mass is 16.5. The number of rotatable bonds is 6. The standard InChI is InChI=1S/C15H21NO4/c1-16(14-10-20-9-13(14)15(17)18)8-7-11-3-5-12(19-2)6-4-11/h3-6,13-14H,7-10H2,1-2H3,(H,17,18). The summed E-state index contributed by atoms with van der Waals surface area (Å²) >= 11 is 0. The summed E-state index contributed by atoms with van der Waals surface area (Å²) in [7, 11) is 3.60. The van der Waals surface area contributed by atoms with E-state index in [1.807, 2.05) is 31.3 Å². The van der Waals surface area contributed by atoms with Crippen molar-refractivity contribution < 1.29 is 19.4 Å². The Morgan fingerprint density at radius 1 is 1.40 bits per heavy atom. The van der Waals surface area contributed by atoms with Gasteiger partial charge in [-0.05, 0) is 31.2 Å². The van der Waals surface area contributed by atoms with E-state index in [0.29, 0.717) is 13.2 Å². The van der Waals surface area contributed by atoms with Crippen molar-refractivity contribution in [3.8, 4) is 5.75 Å². The van der Waals surface area contributed by atoms with Crippen LogP contribution < -0.4 is 4.74 Å². The van der Waals surface area contributed by atoms with Gasteiger partial charge in [-0.1, -0.05) is 12.1 Å². The number of carbonyl (C=O) groups is 1. The number of likely N-dealkylation sites (N-methyl/N-ethyl adjacent to an activating group) is 1. The van der Waals surface area contributed by atoms with E-state index in [2.05, 4.69) is 4.90 Å². The molecule has 20 heavy (non-hydrogen) atoms. The summed E-state index contributed by atoms with van der Waals surface area (Å²) in [5.74, 6) is -0.350. The molecule has 0 spiro atoms. The Bertz CT molecular complexity index is 446. The Kier molecular flexibility index (Phi) is 4.98. The van der Waals surface area contributed by atoms with Crippen LogP contribution in [0.5, 0.6) is 5.75 Å². The van der Waals surface area contributed by atoms with Gasteiger partial charge in [0.15, 0.2) is 0 Å². The van der Waals surface area contributed by atoms with Crippen LogP contribution in [0.1, 0.15) is 5.56 Å². The predicted molar refractivity (Wildman–Crippen MR) is 75.1 cm³/mol. The molecule has 0 aliphatic carbocycles. The van der Waals surface area contributed by atoms with Crippen LogP contribution in [0.4, 0.5) is 0 Å². The fourth-order valence-corrected chi connectivity index (χ4v) is 2.48. The summed E-state index contributed by atoms with van der Waals surface area (Å²) in [5, 5.41) is 9.15. The molecule has 0 saturated carbocycles. The monoisotopic (exact) mass is 279 g/mol. The van der Waals surface area contributed by atoms with Crippen molar-refractivity contribution in [3.05, 3.63) is 29.8 Å². The molecule has 1 fully saturated rings. The number of benzene rings is 1. The fraction of sp³-hybridized carbons (Fsp3) is 0.533. The van der Waals surface area contributed by atoms with Crippen LogP contribution in [-0.2, 0) is 16.0 Å². The largest absolute Gasteiger partial charge is 0.497 e. The number of ether oxygens (including phenoxy) is 2. The second-order valence-electron chi connectivity index (χ2n) is 5.13. The molecular formula is C15H21NO4. The van der Waals surface area contributed by atoms with Crippen molar-refractivity contribution in [1.29, 1.82) is 0 Å². The van der Waals surface area contributed by atoms with Crippen molar-refractivity contribution in [2.24, 2.45) is 5.92 Å². The molecule has 1 N–H and O–H groups in total. The average Bonchev–Trinajstić information content (AvgIpc) is 2.95. The van der Waals surface area contributed by atoms with Crippen molar-refractivity contribution in [2.75, 3.05) is 33.9 Å². The van der Waals surface area contributed by atoms with Crippen molar-refractivity contribution >= 4 is 5.97 Å². The molecule has 1 heterocycles. The Hall–Kier alpha value is -1.59. The first-order valence-corrected chi connectivity index (χ1v) is 6.75. The number of nitrogens with zero attached hydrogens (tertiary/aromatic N) is 1. The fourth-order valence-electron chi connectivity index (χ4n) is 2.48. The second-order valence-corrected chi connectivity index (χ2v) is 5.13. The lowest BCUT2D eigenvalue weighted by Crippen LogP contribution is -2.41. The van der Waals surface area contributed by atoms with E-state index in [9.17, 15) is 4.79 Å². The smallest absolute Gasteiger partial charge is 0.310 e. The van der Waals surface area contributed by atoms with E-state index in [1.165, 1.54) is 5.56 Å². The molecule has 1 saturated heterocycles. The molecule has 1 aromatic rings. The molecule has 0 bridgehead atoms. The molecule has 5 nitrogen and oxygen atoms in total. The average molecular weight is 279 g/mol. The SMILES string of the molecule is COc1ccc(CCN(C)C2COCC2C(=O)O)cc1. The van der Waals surface area contributed by atoms with Crippen LogP contribution in [0.25, 0.3) is 0 Å². The molecule has 0 radical (unpaired) electrons. The number of carboxylic acids is 1. The highest BCUT2D eigenvalue weighted by Gasteiger charge is 2.36. The first-order valence-electron chi connectivity index (χ1n) is 6.75. The lowest BCUT2D eigenvalue weighted by atomic mass is 10.0. The van der Waals surface area contributed by atoms with E-state index in [1.54, 1.807) is 7.11 Å². The molecule has 5 heteroatoms. The van der Waals surface area contributed by atoms with Gasteiger partial charge in [0.2, 0.25) is 0 Å². The van der Waals surface area contributed by atoms with E-state index in [0.717, 1.165) is 18.7 Å². The van der Waals surface area contributed by atoms with Crippen molar-refractivity contribution in [2.45, 2.75) is 12.5 Å². The number of carboxylic acid groups (broad SMARTS) is 1. The van der Waals surface area contributed by atoms with Gasteiger partial charge < -0.3 is 14.6 Å². The topological polar surface area (TPSA) is 59.0 Å². The minimum absolute atomic E-state index is 0.0363. The van der Waals surface area contributed by atoms with Crippen LogP contribution in [0, 0.1) is 5.92 Å². The number of hydrogen-bond acceptors (Lipinski definition) is 4. The quantitative estimate of drug-likeness (QED) is 0.850. The van der Waals surface area contributed by atoms with E-state index in [4.69, 9.17) is 14.6 Å². The summed E-state index contributed by atoms with van der Waals surface area (Å²) in [4.78, 5) is 13.2. The van der Waals surface area contributed by atoms with Crippen LogP contribution >= 0.6 is 0 Å². The predicted octanol–water partition coefficient (Wildman–Crippen LogP) is 1.27. The van der Waals surface area contributed by atoms with Gasteiger partial charge in [-0.3, -0.25) is 9.69 Å². The highest BCUT2D eigenvalue weighted by Crippen LogP contribution is 2.19. The van der Waals surface area contributed by atoms with Crippen LogP contribution in [0.15, 0.2) is 24.3 Å². The van der Waals surface area contributed by atoms with Crippen LogP contribution in [0.2, 0.25) is 0 Å². The molecule has 0 aromatic heterocycles. The zero-order valence-corrected chi connectivity index (χ0v) is 11.9. The van der Waals surface area contributed by atoms with Gasteiger partial charge >= 0.3 is 5.97 Å². The van der Waals surface area contributed by atoms with E-state index < -0.39 is 11.9 Å². The lowest BCUT2D eigenvalue weighted by Gasteiger charge is -2.26. The summed E-state index contributed by atoms with van der Waals surface area (Å²) < 4.78 is 10.4. The Morgan fingerprint density at radius 2 is 2.10 bits per heavy atom. The molecule has 0 amide bonds. The maximum absolute atomic E-state index is 11.1. The van der Waals surface area contributed by atoms with Gasteiger partial charge in [-0.15, -0.1) is 0 Å². The molecular weight excluding hydrogens is 258 g/mol. The number of methoxy groups -OCH3 is 1. The first kappa shape index (κ1) is 14.8. The van der Waals surface area contributed by atoms with Gasteiger partial charge in [0, 0.05) is 12.6 Å². The van der Waals surface area contributed by atoms with Gasteiger partial charge in [-0.2, -0.15) is 0 Å². The van der Waals surface area contributed by atoms with Gasteiger partial charge in [0.1, 0.15) is 5.75 Å². The third kappa shape index (κ3) is 3.49. The maximum Gasteiger partial charge on any atom is 0.310 e. The Balaban J connectivity index is 1.87. The summed E-state index contributed by atoms with van der Waals surface area (Å²) in [6, 6.07) is 7.91. The normalized spacial score (nSPS) is 22.1. The zero-order valence-electron chi connectivity index (χ0n) is 11.9. The third-order valence-corrected chi connectivity index (χ3v) is 3.85. The maximum atomic E-state index is 11.1. The molecule has 1 aliphatic rings. The van der Waals surface area contributed by atoms with Crippen molar-refractivity contribution in [1.82, 2.24) is 4.90 Å². The van der Waals surface area contributed by atoms with Crippen LogP contribution in [0.3, 0.4) is 0 Å². The second kappa shape index (κ2) is 6.72. The minimum Gasteiger partial charge on any atom is -0.497 e. The van der Waals surface area contributed by atoms with Crippen molar-refractivity contribution in [3.63, 3.8) is 0 Å². The van der Waals surface area contributed by atoms with Gasteiger partial charge in [0.25, 0.3) is 0 Å². The highest BCUT2D eigenvalue weighted by molar-refractivity contribution is 5.71. The molecule has 110 valence electrons. The van der Waals surface area contributed by atoms with Gasteiger partial charge in [-0.25, -0.2) is 0 Å². The molecule has 1 aliphatic heterocycles. The van der Waals surface area contributed by atoms with Gasteiger partial charge in [0.05, 0.1) is 26.2 Å². The van der Waals surface area contributed by atoms with E-state index in [-0.39, 0.29) is 6.04 Å². The number of aliphatic carboxylic acids is 1.